The fourth-order valence-corrected chi connectivity index (χ4v) is 3.59. The van der Waals surface area contributed by atoms with Gasteiger partial charge in [-0.2, -0.15) is 16.8 Å². The molecule has 0 radical (unpaired) electrons. The van der Waals surface area contributed by atoms with E-state index >= 15 is 0 Å². The summed E-state index contributed by atoms with van der Waals surface area (Å²) in [6, 6.07) is 6.84. The van der Waals surface area contributed by atoms with Crippen LogP contribution in [0.1, 0.15) is 2.85 Å². The van der Waals surface area contributed by atoms with E-state index in [4.69, 9.17) is 4.55 Å². The first-order valence-corrected chi connectivity index (χ1v) is 10.2. The van der Waals surface area contributed by atoms with Crippen molar-refractivity contribution < 1.29 is 98.1 Å². The van der Waals surface area contributed by atoms with Gasteiger partial charge in [0.1, 0.15) is 16.3 Å². The number of pyridine rings is 1. The van der Waals surface area contributed by atoms with Gasteiger partial charge in [-0.1, -0.05) is 6.07 Å². The third-order valence-electron chi connectivity index (χ3n) is 3.58. The smallest absolute Gasteiger partial charge is 1.00 e. The Bertz CT molecular complexity index is 1340. The number of nitrogens with zero attached hydrogens (tertiary/aromatic N) is 3. The molecule has 0 atom stereocenters. The van der Waals surface area contributed by atoms with E-state index in [0.717, 1.165) is 12.1 Å². The summed E-state index contributed by atoms with van der Waals surface area (Å²) in [6.45, 7) is 0. The van der Waals surface area contributed by atoms with Crippen LogP contribution in [-0.4, -0.2) is 41.1 Å². The molecule has 0 saturated heterocycles. The minimum atomic E-state index is -4.94. The SMILES string of the molecule is O=S(=O)(O)c1cc(O)c2c(O)c(N=Nc3ccccn3)c(S(=O)(=O)O)cc2c1.[H-].[H-].[Na+].[Na+]. The number of rotatable bonds is 4. The van der Waals surface area contributed by atoms with E-state index in [1.807, 2.05) is 0 Å². The maximum atomic E-state index is 11.7. The van der Waals surface area contributed by atoms with Crippen LogP contribution in [0.2, 0.25) is 0 Å². The molecule has 30 heavy (non-hydrogen) atoms. The van der Waals surface area contributed by atoms with Gasteiger partial charge in [0.2, 0.25) is 0 Å². The molecule has 4 N–H and O–H groups in total. The number of phenolic OH excluding ortho intramolecular Hbond substituents is 2. The molecule has 0 amide bonds. The zero-order valence-electron chi connectivity index (χ0n) is 17.6. The third-order valence-corrected chi connectivity index (χ3v) is 5.28. The number of benzene rings is 2. The molecule has 0 bridgehead atoms. The number of phenols is 2. The summed E-state index contributed by atoms with van der Waals surface area (Å²) < 4.78 is 64.6. The first-order chi connectivity index (χ1) is 13.0. The Kier molecular flexibility index (Phi) is 8.96. The van der Waals surface area contributed by atoms with Gasteiger partial charge >= 0.3 is 59.1 Å². The van der Waals surface area contributed by atoms with Crippen molar-refractivity contribution in [2.75, 3.05) is 0 Å². The fourth-order valence-electron chi connectivity index (χ4n) is 2.39. The van der Waals surface area contributed by atoms with Crippen molar-refractivity contribution in [2.24, 2.45) is 10.2 Å². The molecule has 150 valence electrons. The van der Waals surface area contributed by atoms with Crippen LogP contribution in [0, 0.1) is 0 Å². The largest absolute Gasteiger partial charge is 1.00 e. The van der Waals surface area contributed by atoms with Crippen molar-refractivity contribution in [3.8, 4) is 11.5 Å². The van der Waals surface area contributed by atoms with Crippen LogP contribution in [0.5, 0.6) is 11.5 Å². The van der Waals surface area contributed by atoms with Gasteiger partial charge in [0.25, 0.3) is 20.2 Å². The third kappa shape index (κ3) is 5.76. The van der Waals surface area contributed by atoms with E-state index < -0.39 is 47.2 Å². The van der Waals surface area contributed by atoms with E-state index in [0.29, 0.717) is 6.07 Å². The first kappa shape index (κ1) is 26.9. The van der Waals surface area contributed by atoms with Gasteiger partial charge in [-0.3, -0.25) is 9.11 Å². The summed E-state index contributed by atoms with van der Waals surface area (Å²) in [5, 5.41) is 27.1. The second-order valence-corrected chi connectivity index (χ2v) is 8.26. The normalized spacial score (nSPS) is 11.8. The van der Waals surface area contributed by atoms with E-state index in [2.05, 4.69) is 15.2 Å². The monoisotopic (exact) mass is 473 g/mol. The van der Waals surface area contributed by atoms with E-state index in [9.17, 15) is 31.6 Å². The molecule has 3 rings (SSSR count). The molecule has 0 aliphatic rings. The van der Waals surface area contributed by atoms with Crippen LogP contribution in [0.3, 0.4) is 0 Å². The summed E-state index contributed by atoms with van der Waals surface area (Å²) >= 11 is 0. The first-order valence-electron chi connectivity index (χ1n) is 7.29. The number of hydrogen-bond donors (Lipinski definition) is 4. The van der Waals surface area contributed by atoms with Crippen LogP contribution in [0.15, 0.2) is 62.6 Å². The van der Waals surface area contributed by atoms with Crippen LogP contribution in [0.4, 0.5) is 11.5 Å². The summed E-state index contributed by atoms with van der Waals surface area (Å²) in [4.78, 5) is 2.19. The molecule has 0 unspecified atom stereocenters. The van der Waals surface area contributed by atoms with Crippen molar-refractivity contribution in [2.45, 2.75) is 9.79 Å². The zero-order chi connectivity index (χ0) is 20.7. The molecule has 0 spiro atoms. The van der Waals surface area contributed by atoms with Crippen LogP contribution in [0.25, 0.3) is 10.8 Å². The second-order valence-electron chi connectivity index (χ2n) is 5.45. The minimum Gasteiger partial charge on any atom is -1.00 e. The van der Waals surface area contributed by atoms with Crippen LogP contribution in [-0.2, 0) is 20.2 Å². The number of fused-ring (bicyclic) bond motifs is 1. The topological polar surface area (TPSA) is 187 Å². The second kappa shape index (κ2) is 9.99. The molecule has 1 heterocycles. The molecule has 15 heteroatoms. The number of aromatic hydroxyl groups is 2. The molecule has 0 fully saturated rings. The molecule has 0 aliphatic carbocycles. The molecule has 11 nitrogen and oxygen atoms in total. The Morgan fingerprint density at radius 3 is 2.10 bits per heavy atom. The van der Waals surface area contributed by atoms with Crippen molar-refractivity contribution in [3.63, 3.8) is 0 Å². The summed E-state index contributed by atoms with van der Waals surface area (Å²) in [5.41, 5.74) is -0.699. The van der Waals surface area contributed by atoms with Gasteiger partial charge in [-0.25, -0.2) is 4.98 Å². The average Bonchev–Trinajstić information content (AvgIpc) is 2.59. The number of aromatic nitrogens is 1. The molecule has 1 aromatic heterocycles. The van der Waals surface area contributed by atoms with Crippen LogP contribution < -0.4 is 59.1 Å². The van der Waals surface area contributed by atoms with Gasteiger partial charge in [0.15, 0.2) is 11.6 Å². The summed E-state index contributed by atoms with van der Waals surface area (Å²) in [5.74, 6) is -1.60. The van der Waals surface area contributed by atoms with E-state index in [1.165, 1.54) is 12.3 Å². The van der Waals surface area contributed by atoms with Crippen molar-refractivity contribution in [3.05, 3.63) is 42.6 Å². The molecular formula is C15H13N3Na2O8S2. The Labute approximate surface area is 217 Å². The standard InChI is InChI=1S/C15H11N3O8S2.2Na.2H/c19-10-7-9(27(21,22)23)5-8-6-11(28(24,25)26)14(15(20)13(8)10)18-17-12-3-1-2-4-16-12;;;;/h1-7,19-20H,(H,21,22,23)(H,24,25,26);;;;/q;2*+1;2*-1. The Balaban J connectivity index is 0. The quantitative estimate of drug-likeness (QED) is 0.172. The maximum Gasteiger partial charge on any atom is 1.00 e. The Hall–Kier alpha value is -1.13. The summed E-state index contributed by atoms with van der Waals surface area (Å²) in [7, 11) is -9.68. The fraction of sp³-hybridized carbons (Fsp3) is 0. The van der Waals surface area contributed by atoms with Gasteiger partial charge in [0.05, 0.1) is 10.3 Å². The van der Waals surface area contributed by atoms with Gasteiger partial charge in [-0.05, 0) is 29.7 Å². The van der Waals surface area contributed by atoms with E-state index in [1.54, 1.807) is 12.1 Å². The molecular weight excluding hydrogens is 460 g/mol. The van der Waals surface area contributed by atoms with Crippen molar-refractivity contribution in [1.29, 1.82) is 0 Å². The number of hydrogen-bond acceptors (Lipinski definition) is 9. The minimum absolute atomic E-state index is 0. The van der Waals surface area contributed by atoms with Crippen LogP contribution >= 0.6 is 0 Å². The van der Waals surface area contributed by atoms with Crippen molar-refractivity contribution in [1.82, 2.24) is 4.98 Å². The Morgan fingerprint density at radius 1 is 0.900 bits per heavy atom. The summed E-state index contributed by atoms with van der Waals surface area (Å²) in [6.07, 6.45) is 1.39. The average molecular weight is 473 g/mol. The zero-order valence-corrected chi connectivity index (χ0v) is 21.3. The molecule has 0 saturated carbocycles. The van der Waals surface area contributed by atoms with Crippen molar-refractivity contribution >= 4 is 42.5 Å². The molecule has 0 aliphatic heterocycles. The molecule has 2 aromatic carbocycles. The number of azo groups is 1. The van der Waals surface area contributed by atoms with E-state index in [-0.39, 0.29) is 78.6 Å². The molecule has 3 aromatic rings. The predicted molar refractivity (Wildman–Crippen MR) is 97.5 cm³/mol. The Morgan fingerprint density at radius 2 is 1.57 bits per heavy atom. The van der Waals surface area contributed by atoms with Gasteiger partial charge < -0.3 is 13.1 Å². The van der Waals surface area contributed by atoms with Gasteiger partial charge in [0, 0.05) is 12.3 Å². The maximum absolute atomic E-state index is 11.7. The predicted octanol–water partition coefficient (Wildman–Crippen LogP) is -3.21. The van der Waals surface area contributed by atoms with Gasteiger partial charge in [-0.15, -0.1) is 10.2 Å².